The van der Waals surface area contributed by atoms with Gasteiger partial charge in [-0.15, -0.1) is 0 Å². The minimum atomic E-state index is -4.84. The van der Waals surface area contributed by atoms with Crippen molar-refractivity contribution in [2.45, 2.75) is 162 Å². The maximum absolute atomic E-state index is 10.8. The number of hydrogen-bond acceptors (Lipinski definition) is 7. The van der Waals surface area contributed by atoms with Crippen molar-refractivity contribution in [2.24, 2.45) is 46.3 Å². The number of fused-ring (bicyclic) bond motifs is 5. The van der Waals surface area contributed by atoms with Crippen LogP contribution in [0.25, 0.3) is 0 Å². The molecule has 0 bridgehead atoms. The van der Waals surface area contributed by atoms with Gasteiger partial charge in [0.25, 0.3) is 7.82 Å². The Morgan fingerprint density at radius 2 is 1.72 bits per heavy atom. The lowest BCUT2D eigenvalue weighted by molar-refractivity contribution is -0.224. The van der Waals surface area contributed by atoms with Crippen LogP contribution in [-0.2, 0) is 23.3 Å². The maximum Gasteiger partial charge on any atom is 0.265 e. The first-order valence-corrected chi connectivity index (χ1v) is 20.7. The summed E-state index contributed by atoms with van der Waals surface area (Å²) >= 11 is 0. The first-order valence-electron chi connectivity index (χ1n) is 19.2. The molecule has 0 aromatic heterocycles. The zero-order valence-electron chi connectivity index (χ0n) is 30.1. The minimum absolute atomic E-state index is 0.257. The zero-order chi connectivity index (χ0) is 33.8. The van der Waals surface area contributed by atoms with Gasteiger partial charge < -0.3 is 33.6 Å². The second-order valence-corrected chi connectivity index (χ2v) is 18.2. The second kappa shape index (κ2) is 16.4. The predicted octanol–water partition coefficient (Wildman–Crippen LogP) is 7.94. The molecular formula is C38H66O8P-. The lowest BCUT2D eigenvalue weighted by Crippen LogP contribution is -2.51. The topological polar surface area (TPSA) is 118 Å². The van der Waals surface area contributed by atoms with Crippen LogP contribution in [0.15, 0.2) is 11.6 Å². The van der Waals surface area contributed by atoms with E-state index in [9.17, 15) is 14.6 Å². The van der Waals surface area contributed by atoms with Gasteiger partial charge in [-0.2, -0.15) is 0 Å². The summed E-state index contributed by atoms with van der Waals surface area (Å²) in [7, 11) is -4.84. The number of aliphatic hydroxyl groups excluding tert-OH is 1. The van der Waals surface area contributed by atoms with Crippen molar-refractivity contribution in [1.82, 2.24) is 0 Å². The Morgan fingerprint density at radius 1 is 0.979 bits per heavy atom. The van der Waals surface area contributed by atoms with E-state index in [4.69, 9.17) is 19.1 Å². The van der Waals surface area contributed by atoms with Crippen molar-refractivity contribution in [3.05, 3.63) is 11.6 Å². The largest absolute Gasteiger partial charge is 0.756 e. The summed E-state index contributed by atoms with van der Waals surface area (Å²) in [5.74, 6) is 5.26. The van der Waals surface area contributed by atoms with Crippen LogP contribution < -0.4 is 4.89 Å². The van der Waals surface area contributed by atoms with Gasteiger partial charge in [-0.1, -0.05) is 78.4 Å². The van der Waals surface area contributed by atoms with Gasteiger partial charge in [0.15, 0.2) is 6.29 Å². The number of allylic oxidation sites excluding steroid dienone is 1. The molecule has 4 fully saturated rings. The van der Waals surface area contributed by atoms with E-state index in [1.165, 1.54) is 64.2 Å². The molecule has 6 unspecified atom stereocenters. The molecule has 0 amide bonds. The van der Waals surface area contributed by atoms with Crippen LogP contribution in [0.2, 0.25) is 0 Å². The van der Waals surface area contributed by atoms with Gasteiger partial charge in [0, 0.05) is 19.6 Å². The van der Waals surface area contributed by atoms with Crippen molar-refractivity contribution in [2.75, 3.05) is 19.8 Å². The standard InChI is InChI=1S/C38H67O8P/c1-26(2)11-10-12-27(3)31-15-16-32-30-14-13-28-23-29(17-19-37(28,4)33(30)18-20-38(31,32)5)43-21-8-6-7-9-22-44-36-24-34(39)35(46-36)25-45-47(40,41)42/h13,26-27,29-36,39H,6-12,14-25H2,1-5H3,(H2,40,41,42)/p-1/t27?,29-,30?,31?,32?,33?,34-,35+,36-,37-,38+/m0/s1. The molecule has 3 saturated carbocycles. The highest BCUT2D eigenvalue weighted by Gasteiger charge is 2.59. The van der Waals surface area contributed by atoms with Gasteiger partial charge in [-0.25, -0.2) is 0 Å². The first-order chi connectivity index (χ1) is 22.3. The Morgan fingerprint density at radius 3 is 2.45 bits per heavy atom. The molecule has 4 aliphatic carbocycles. The average molecular weight is 682 g/mol. The van der Waals surface area contributed by atoms with Crippen LogP contribution >= 0.6 is 7.82 Å². The van der Waals surface area contributed by atoms with Crippen molar-refractivity contribution >= 4 is 7.82 Å². The van der Waals surface area contributed by atoms with Crippen molar-refractivity contribution < 1.29 is 38.2 Å². The number of aliphatic hydroxyl groups is 1. The van der Waals surface area contributed by atoms with Crippen LogP contribution in [0.5, 0.6) is 0 Å². The average Bonchev–Trinajstić information content (AvgIpc) is 3.55. The third-order valence-electron chi connectivity index (χ3n) is 13.5. The van der Waals surface area contributed by atoms with E-state index in [0.29, 0.717) is 23.5 Å². The molecule has 5 aliphatic rings. The minimum Gasteiger partial charge on any atom is -0.756 e. The highest BCUT2D eigenvalue weighted by Crippen LogP contribution is 2.67. The molecule has 1 saturated heterocycles. The van der Waals surface area contributed by atoms with Gasteiger partial charge in [0.2, 0.25) is 0 Å². The Hall–Kier alpha value is -0.310. The summed E-state index contributed by atoms with van der Waals surface area (Å²) in [4.78, 5) is 19.5. The number of phosphoric ester groups is 1. The lowest BCUT2D eigenvalue weighted by atomic mass is 9.47. The maximum atomic E-state index is 10.8. The van der Waals surface area contributed by atoms with Crippen LogP contribution in [0.4, 0.5) is 0 Å². The highest BCUT2D eigenvalue weighted by molar-refractivity contribution is 7.44. The second-order valence-electron chi connectivity index (χ2n) is 17.0. The van der Waals surface area contributed by atoms with E-state index >= 15 is 0 Å². The molecule has 0 spiro atoms. The van der Waals surface area contributed by atoms with Crippen molar-refractivity contribution in [1.29, 1.82) is 0 Å². The molecule has 0 aromatic carbocycles. The number of unbranched alkanes of at least 4 members (excludes halogenated alkanes) is 3. The smallest absolute Gasteiger partial charge is 0.265 e. The Labute approximate surface area is 285 Å². The van der Waals surface area contributed by atoms with Crippen LogP contribution in [0.1, 0.15) is 137 Å². The van der Waals surface area contributed by atoms with Crippen molar-refractivity contribution in [3.8, 4) is 0 Å². The van der Waals surface area contributed by atoms with E-state index in [-0.39, 0.29) is 6.42 Å². The van der Waals surface area contributed by atoms with Gasteiger partial charge in [0.1, 0.15) is 6.10 Å². The SMILES string of the molecule is CC(C)CCCC(C)C1CCC2C3CC=C4C[C@@H](OCCCCCCO[C@@H]5C[C@H](O)[C@@H](COP(=O)([O-])O)O5)CC[C@]4(C)C3CC[C@]12C. The summed E-state index contributed by atoms with van der Waals surface area (Å²) in [6.07, 6.45) is 19.9. The Balaban J connectivity index is 0.986. The molecule has 1 aliphatic heterocycles. The van der Waals surface area contributed by atoms with Crippen LogP contribution in [0, 0.1) is 46.3 Å². The summed E-state index contributed by atoms with van der Waals surface area (Å²) in [5, 5.41) is 10.0. The first kappa shape index (κ1) is 37.9. The predicted molar refractivity (Wildman–Crippen MR) is 182 cm³/mol. The monoisotopic (exact) mass is 681 g/mol. The van der Waals surface area contributed by atoms with Gasteiger partial charge in [-0.3, -0.25) is 4.57 Å². The fraction of sp³-hybridized carbons (Fsp3) is 0.947. The molecule has 1 heterocycles. The van der Waals surface area contributed by atoms with Gasteiger partial charge in [-0.05, 0) is 111 Å². The summed E-state index contributed by atoms with van der Waals surface area (Å²) in [5.41, 5.74) is 2.62. The van der Waals surface area contributed by atoms with E-state index in [1.807, 2.05) is 0 Å². The Kier molecular flexibility index (Phi) is 13.2. The molecule has 272 valence electrons. The summed E-state index contributed by atoms with van der Waals surface area (Å²) in [6.45, 7) is 13.5. The molecule has 2 N–H and O–H groups in total. The normalized spacial score (nSPS) is 40.4. The Bertz CT molecular complexity index is 1080. The highest BCUT2D eigenvalue weighted by atomic mass is 31.2. The third-order valence-corrected chi connectivity index (χ3v) is 14.0. The van der Waals surface area contributed by atoms with Crippen LogP contribution in [-0.4, -0.2) is 54.4 Å². The number of ether oxygens (including phenoxy) is 3. The molecular weight excluding hydrogens is 615 g/mol. The van der Waals surface area contributed by atoms with E-state index in [1.54, 1.807) is 5.57 Å². The van der Waals surface area contributed by atoms with Gasteiger partial charge in [0.05, 0.1) is 18.8 Å². The molecule has 5 rings (SSSR count). The molecule has 0 radical (unpaired) electrons. The zero-order valence-corrected chi connectivity index (χ0v) is 31.0. The van der Waals surface area contributed by atoms with E-state index < -0.39 is 32.9 Å². The number of rotatable bonds is 17. The fourth-order valence-corrected chi connectivity index (χ4v) is 11.3. The lowest BCUT2D eigenvalue weighted by Gasteiger charge is -2.58. The number of hydrogen-bond donors (Lipinski definition) is 2. The number of phosphoric acid groups is 1. The fourth-order valence-electron chi connectivity index (χ4n) is 10.9. The molecule has 9 heteroatoms. The molecule has 12 atom stereocenters. The third kappa shape index (κ3) is 9.33. The molecule has 8 nitrogen and oxygen atoms in total. The molecule has 0 aromatic rings. The van der Waals surface area contributed by atoms with Gasteiger partial charge >= 0.3 is 0 Å². The van der Waals surface area contributed by atoms with E-state index in [0.717, 1.165) is 74.2 Å². The summed E-state index contributed by atoms with van der Waals surface area (Å²) < 4.78 is 32.8. The summed E-state index contributed by atoms with van der Waals surface area (Å²) in [6, 6.07) is 0. The van der Waals surface area contributed by atoms with Crippen molar-refractivity contribution in [3.63, 3.8) is 0 Å². The molecule has 47 heavy (non-hydrogen) atoms. The van der Waals surface area contributed by atoms with Crippen LogP contribution in [0.3, 0.4) is 0 Å². The van der Waals surface area contributed by atoms with E-state index in [2.05, 4.69) is 45.2 Å². The quantitative estimate of drug-likeness (QED) is 0.0903.